The van der Waals surface area contributed by atoms with Gasteiger partial charge in [0, 0.05) is 30.1 Å². The highest BCUT2D eigenvalue weighted by molar-refractivity contribution is 5.80. The third kappa shape index (κ3) is 2.60. The summed E-state index contributed by atoms with van der Waals surface area (Å²) in [6.45, 7) is 0.546. The average molecular weight is 310 g/mol. The van der Waals surface area contributed by atoms with Crippen molar-refractivity contribution < 1.29 is 4.79 Å². The zero-order valence-corrected chi connectivity index (χ0v) is 13.0. The number of aromatic nitrogens is 1. The molecule has 4 atom stereocenters. The molecule has 1 aromatic carbocycles. The van der Waals surface area contributed by atoms with E-state index in [0.717, 1.165) is 24.8 Å². The number of nitrogens with one attached hydrogen (secondary N) is 2. The highest BCUT2D eigenvalue weighted by Crippen LogP contribution is 2.42. The van der Waals surface area contributed by atoms with Crippen LogP contribution in [0.2, 0.25) is 0 Å². The van der Waals surface area contributed by atoms with Crippen LogP contribution in [-0.2, 0) is 4.79 Å². The quantitative estimate of drug-likeness (QED) is 0.789. The maximum atomic E-state index is 12.1. The topological polar surface area (TPSA) is 80.0 Å². The van der Waals surface area contributed by atoms with Crippen LogP contribution >= 0.6 is 0 Å². The first-order chi connectivity index (χ1) is 11.3. The van der Waals surface area contributed by atoms with Crippen molar-refractivity contribution in [2.75, 3.05) is 6.54 Å². The van der Waals surface area contributed by atoms with Gasteiger partial charge in [-0.3, -0.25) is 15.2 Å². The number of amides is 1. The molecule has 1 aromatic heterocycles. The lowest BCUT2D eigenvalue weighted by atomic mass is 9.68. The molecule has 4 N–H and O–H groups in total. The van der Waals surface area contributed by atoms with Gasteiger partial charge < -0.3 is 5.73 Å². The number of carbonyl (C=O) groups is 1. The number of fused-ring (bicyclic) bond motifs is 2. The third-order valence-corrected chi connectivity index (χ3v) is 5.47. The molecule has 1 aliphatic carbocycles. The van der Waals surface area contributed by atoms with Crippen molar-refractivity contribution in [3.8, 4) is 0 Å². The number of nitrogens with two attached hydrogens (primary N) is 1. The summed E-state index contributed by atoms with van der Waals surface area (Å²) in [5.74, 6) is 0.971. The van der Waals surface area contributed by atoms with Crippen molar-refractivity contribution in [2.24, 2.45) is 17.6 Å². The molecule has 2 aromatic rings. The third-order valence-electron chi connectivity index (χ3n) is 5.47. The summed E-state index contributed by atoms with van der Waals surface area (Å²) in [6, 6.07) is 10.6. The normalized spacial score (nSPS) is 30.7. The number of nitrogens with zero attached hydrogens (tertiary/aromatic N) is 1. The van der Waals surface area contributed by atoms with Gasteiger partial charge >= 0.3 is 0 Å². The molecule has 0 spiro atoms. The van der Waals surface area contributed by atoms with E-state index >= 15 is 0 Å². The predicted octanol–water partition coefficient (Wildman–Crippen LogP) is 1.70. The number of hydrogen-bond donors (Lipinski definition) is 3. The van der Waals surface area contributed by atoms with Gasteiger partial charge in [0.05, 0.1) is 5.52 Å². The Kier molecular flexibility index (Phi) is 3.75. The molecule has 4 unspecified atom stereocenters. The number of carbonyl (C=O) groups excluding carboxylic acids is 1. The molecule has 1 amide bonds. The smallest absolute Gasteiger partial charge is 0.237 e. The van der Waals surface area contributed by atoms with E-state index in [9.17, 15) is 4.79 Å². The lowest BCUT2D eigenvalue weighted by molar-refractivity contribution is -0.133. The summed E-state index contributed by atoms with van der Waals surface area (Å²) in [4.78, 5) is 16.7. The maximum absolute atomic E-state index is 12.1. The largest absolute Gasteiger partial charge is 0.329 e. The van der Waals surface area contributed by atoms with Gasteiger partial charge in [-0.2, -0.15) is 0 Å². The van der Waals surface area contributed by atoms with Crippen LogP contribution < -0.4 is 16.6 Å². The Morgan fingerprint density at radius 2 is 2.13 bits per heavy atom. The summed E-state index contributed by atoms with van der Waals surface area (Å²) >= 11 is 0. The molecule has 4 rings (SSSR count). The fourth-order valence-electron chi connectivity index (χ4n) is 4.19. The lowest BCUT2D eigenvalue weighted by Crippen LogP contribution is -2.62. The van der Waals surface area contributed by atoms with Gasteiger partial charge in [-0.25, -0.2) is 5.43 Å². The molecule has 2 fully saturated rings. The Bertz CT molecular complexity index is 732. The minimum atomic E-state index is 0.0921. The Morgan fingerprint density at radius 1 is 1.26 bits per heavy atom. The standard InChI is InChI=1S/C18H22N4O/c19-9-17-15-8-11(5-6-14(15)18(23)22-21-17)13-7-12-3-1-2-4-16(12)20-10-13/h1-4,7,10-11,14-15,17,21H,5-6,8-9,19H2,(H,22,23). The molecule has 23 heavy (non-hydrogen) atoms. The molecular formula is C18H22N4O. The summed E-state index contributed by atoms with van der Waals surface area (Å²) in [5.41, 5.74) is 14.1. The van der Waals surface area contributed by atoms with Crippen molar-refractivity contribution in [3.63, 3.8) is 0 Å². The van der Waals surface area contributed by atoms with Crippen LogP contribution in [0.15, 0.2) is 36.5 Å². The summed E-state index contributed by atoms with van der Waals surface area (Å²) < 4.78 is 0. The monoisotopic (exact) mass is 310 g/mol. The number of para-hydroxylation sites is 1. The first-order valence-electron chi connectivity index (χ1n) is 8.36. The zero-order chi connectivity index (χ0) is 15.8. The fourth-order valence-corrected chi connectivity index (χ4v) is 4.19. The van der Waals surface area contributed by atoms with Gasteiger partial charge in [0.15, 0.2) is 0 Å². The van der Waals surface area contributed by atoms with E-state index in [1.165, 1.54) is 10.9 Å². The van der Waals surface area contributed by atoms with Crippen molar-refractivity contribution in [3.05, 3.63) is 42.1 Å². The Balaban J connectivity index is 1.61. The second-order valence-electron chi connectivity index (χ2n) is 6.72. The molecule has 0 bridgehead atoms. The van der Waals surface area contributed by atoms with Crippen LogP contribution in [0.5, 0.6) is 0 Å². The van der Waals surface area contributed by atoms with Gasteiger partial charge in [-0.1, -0.05) is 18.2 Å². The Morgan fingerprint density at radius 3 is 3.00 bits per heavy atom. The minimum absolute atomic E-state index is 0.0921. The summed E-state index contributed by atoms with van der Waals surface area (Å²) in [5, 5.41) is 1.18. The number of hydrogen-bond acceptors (Lipinski definition) is 4. The molecule has 2 heterocycles. The van der Waals surface area contributed by atoms with Crippen molar-refractivity contribution >= 4 is 16.8 Å². The molecule has 1 saturated heterocycles. The van der Waals surface area contributed by atoms with Crippen LogP contribution in [-0.4, -0.2) is 23.5 Å². The van der Waals surface area contributed by atoms with Crippen molar-refractivity contribution in [1.29, 1.82) is 0 Å². The van der Waals surface area contributed by atoms with Gasteiger partial charge in [0.1, 0.15) is 0 Å². The maximum Gasteiger partial charge on any atom is 0.237 e. The van der Waals surface area contributed by atoms with Crippen LogP contribution in [0.4, 0.5) is 0 Å². The van der Waals surface area contributed by atoms with E-state index in [0.29, 0.717) is 18.4 Å². The zero-order valence-electron chi connectivity index (χ0n) is 13.0. The Hall–Kier alpha value is -1.98. The Labute approximate surface area is 135 Å². The van der Waals surface area contributed by atoms with Crippen molar-refractivity contribution in [1.82, 2.24) is 15.8 Å². The fraction of sp³-hybridized carbons (Fsp3) is 0.444. The number of benzene rings is 1. The SMILES string of the molecule is NCC1NNC(=O)C2CCC(c3cnc4ccccc4c3)CC12. The van der Waals surface area contributed by atoms with E-state index in [2.05, 4.69) is 28.0 Å². The first kappa shape index (κ1) is 14.6. The molecule has 120 valence electrons. The van der Waals surface area contributed by atoms with Crippen LogP contribution in [0.1, 0.15) is 30.7 Å². The molecule has 1 saturated carbocycles. The summed E-state index contributed by atoms with van der Waals surface area (Å²) in [7, 11) is 0. The van der Waals surface area contributed by atoms with Gasteiger partial charge in [-0.05, 0) is 48.8 Å². The van der Waals surface area contributed by atoms with E-state index in [1.807, 2.05) is 24.4 Å². The van der Waals surface area contributed by atoms with E-state index < -0.39 is 0 Å². The highest BCUT2D eigenvalue weighted by Gasteiger charge is 2.42. The van der Waals surface area contributed by atoms with E-state index in [4.69, 9.17) is 5.73 Å². The number of hydrazine groups is 1. The number of pyridine rings is 1. The van der Waals surface area contributed by atoms with Gasteiger partial charge in [-0.15, -0.1) is 0 Å². The second kappa shape index (κ2) is 5.91. The molecule has 5 nitrogen and oxygen atoms in total. The van der Waals surface area contributed by atoms with Crippen molar-refractivity contribution in [2.45, 2.75) is 31.2 Å². The molecule has 1 aliphatic heterocycles. The summed E-state index contributed by atoms with van der Waals surface area (Å²) in [6.07, 6.45) is 4.95. The lowest BCUT2D eigenvalue weighted by Gasteiger charge is -2.43. The minimum Gasteiger partial charge on any atom is -0.329 e. The van der Waals surface area contributed by atoms with Gasteiger partial charge in [0.25, 0.3) is 0 Å². The average Bonchev–Trinajstić information content (AvgIpc) is 2.61. The van der Waals surface area contributed by atoms with Crippen LogP contribution in [0.25, 0.3) is 10.9 Å². The first-order valence-corrected chi connectivity index (χ1v) is 8.36. The molecular weight excluding hydrogens is 288 g/mol. The highest BCUT2D eigenvalue weighted by atomic mass is 16.2. The van der Waals surface area contributed by atoms with E-state index in [-0.39, 0.29) is 17.9 Å². The number of rotatable bonds is 2. The molecule has 0 radical (unpaired) electrons. The van der Waals surface area contributed by atoms with Crippen LogP contribution in [0, 0.1) is 11.8 Å². The second-order valence-corrected chi connectivity index (χ2v) is 6.72. The van der Waals surface area contributed by atoms with Crippen LogP contribution in [0.3, 0.4) is 0 Å². The molecule has 5 heteroatoms. The molecule has 2 aliphatic rings. The van der Waals surface area contributed by atoms with E-state index in [1.54, 1.807) is 0 Å². The van der Waals surface area contributed by atoms with Gasteiger partial charge in [0.2, 0.25) is 5.91 Å². The predicted molar refractivity (Wildman–Crippen MR) is 89.4 cm³/mol.